The zero-order chi connectivity index (χ0) is 15.4. The third-order valence-corrected chi connectivity index (χ3v) is 4.03. The Hall–Kier alpha value is -1.26. The van der Waals surface area contributed by atoms with Crippen molar-refractivity contribution < 1.29 is 9.47 Å². The summed E-state index contributed by atoms with van der Waals surface area (Å²) in [7, 11) is 4.31. The zero-order valence-corrected chi connectivity index (χ0v) is 13.8. The molecule has 4 heteroatoms. The van der Waals surface area contributed by atoms with Crippen molar-refractivity contribution in [3.8, 4) is 11.5 Å². The molecular weight excluding hydrogens is 264 g/mol. The fourth-order valence-corrected chi connectivity index (χ4v) is 2.63. The summed E-state index contributed by atoms with van der Waals surface area (Å²) in [4.78, 5) is 2.30. The summed E-state index contributed by atoms with van der Waals surface area (Å²) < 4.78 is 10.8. The van der Waals surface area contributed by atoms with Crippen molar-refractivity contribution in [2.24, 2.45) is 5.92 Å². The molecule has 2 rings (SSSR count). The van der Waals surface area contributed by atoms with Crippen LogP contribution in [0.25, 0.3) is 0 Å². The van der Waals surface area contributed by atoms with E-state index in [1.807, 2.05) is 6.07 Å². The van der Waals surface area contributed by atoms with Crippen molar-refractivity contribution in [1.29, 1.82) is 0 Å². The first-order chi connectivity index (χ1) is 9.97. The molecule has 2 unspecified atom stereocenters. The van der Waals surface area contributed by atoms with Gasteiger partial charge in [0.25, 0.3) is 0 Å². The lowest BCUT2D eigenvalue weighted by Gasteiger charge is -2.28. The molecule has 21 heavy (non-hydrogen) atoms. The third kappa shape index (κ3) is 4.35. The number of nitrogens with one attached hydrogen (secondary N) is 1. The van der Waals surface area contributed by atoms with Gasteiger partial charge < -0.3 is 19.7 Å². The van der Waals surface area contributed by atoms with E-state index in [4.69, 9.17) is 9.47 Å². The van der Waals surface area contributed by atoms with Gasteiger partial charge in [-0.3, -0.25) is 0 Å². The second-order valence-corrected chi connectivity index (χ2v) is 6.49. The Labute approximate surface area is 128 Å². The highest BCUT2D eigenvalue weighted by Gasteiger charge is 2.18. The van der Waals surface area contributed by atoms with Crippen LogP contribution >= 0.6 is 0 Å². The predicted octanol–water partition coefficient (Wildman–Crippen LogP) is 3.04. The summed E-state index contributed by atoms with van der Waals surface area (Å²) in [6, 6.07) is 7.04. The van der Waals surface area contributed by atoms with Crippen LogP contribution in [0.5, 0.6) is 11.5 Å². The topological polar surface area (TPSA) is 33.7 Å². The van der Waals surface area contributed by atoms with E-state index in [9.17, 15) is 0 Å². The SMILES string of the molecule is CC(C)CC(CNC(C)c1ccc2c(c1)OCO2)N(C)C. The van der Waals surface area contributed by atoms with Gasteiger partial charge in [0, 0.05) is 18.6 Å². The zero-order valence-electron chi connectivity index (χ0n) is 13.8. The van der Waals surface area contributed by atoms with E-state index in [-0.39, 0.29) is 0 Å². The van der Waals surface area contributed by atoms with Crippen LogP contribution in [-0.2, 0) is 0 Å². The maximum Gasteiger partial charge on any atom is 0.231 e. The monoisotopic (exact) mass is 292 g/mol. The minimum absolute atomic E-state index is 0.300. The highest BCUT2D eigenvalue weighted by Crippen LogP contribution is 2.34. The van der Waals surface area contributed by atoms with Crippen LogP contribution in [0.3, 0.4) is 0 Å². The maximum atomic E-state index is 5.45. The molecule has 118 valence electrons. The molecule has 0 bridgehead atoms. The second kappa shape index (κ2) is 7.14. The molecule has 0 aliphatic carbocycles. The average molecular weight is 292 g/mol. The van der Waals surface area contributed by atoms with E-state index in [0.29, 0.717) is 24.8 Å². The summed E-state index contributed by atoms with van der Waals surface area (Å²) in [6.07, 6.45) is 1.20. The Kier molecular flexibility index (Phi) is 5.48. The highest BCUT2D eigenvalue weighted by molar-refractivity contribution is 5.45. The average Bonchev–Trinajstić information content (AvgIpc) is 2.89. The van der Waals surface area contributed by atoms with Crippen LogP contribution in [0.2, 0.25) is 0 Å². The van der Waals surface area contributed by atoms with Crippen LogP contribution < -0.4 is 14.8 Å². The molecule has 1 N–H and O–H groups in total. The molecule has 2 atom stereocenters. The molecule has 4 nitrogen and oxygen atoms in total. The van der Waals surface area contributed by atoms with E-state index < -0.39 is 0 Å². The van der Waals surface area contributed by atoms with Gasteiger partial charge in [0.05, 0.1) is 0 Å². The van der Waals surface area contributed by atoms with Gasteiger partial charge in [-0.25, -0.2) is 0 Å². The number of benzene rings is 1. The normalized spacial score (nSPS) is 16.5. The highest BCUT2D eigenvalue weighted by atomic mass is 16.7. The first kappa shape index (κ1) is 16.1. The fraction of sp³-hybridized carbons (Fsp3) is 0.647. The van der Waals surface area contributed by atoms with Crippen molar-refractivity contribution in [1.82, 2.24) is 10.2 Å². The summed E-state index contributed by atoms with van der Waals surface area (Å²) in [6.45, 7) is 8.06. The van der Waals surface area contributed by atoms with Crippen LogP contribution in [-0.4, -0.2) is 38.4 Å². The van der Waals surface area contributed by atoms with Crippen LogP contribution in [0.15, 0.2) is 18.2 Å². The van der Waals surface area contributed by atoms with E-state index in [1.54, 1.807) is 0 Å². The van der Waals surface area contributed by atoms with Crippen molar-refractivity contribution in [3.63, 3.8) is 0 Å². The smallest absolute Gasteiger partial charge is 0.231 e. The van der Waals surface area contributed by atoms with E-state index in [0.717, 1.165) is 18.0 Å². The molecule has 1 aromatic rings. The fourth-order valence-electron chi connectivity index (χ4n) is 2.63. The van der Waals surface area contributed by atoms with Gasteiger partial charge in [0.15, 0.2) is 11.5 Å². The Morgan fingerprint density at radius 1 is 1.14 bits per heavy atom. The number of rotatable bonds is 7. The Bertz CT molecular complexity index is 460. The van der Waals surface area contributed by atoms with Gasteiger partial charge in [0.2, 0.25) is 6.79 Å². The summed E-state index contributed by atoms with van der Waals surface area (Å²) in [5.41, 5.74) is 1.24. The van der Waals surface area contributed by atoms with E-state index in [2.05, 4.69) is 57.2 Å². The molecule has 1 aliphatic heterocycles. The number of nitrogens with zero attached hydrogens (tertiary/aromatic N) is 1. The van der Waals surface area contributed by atoms with Gasteiger partial charge in [-0.15, -0.1) is 0 Å². The van der Waals surface area contributed by atoms with Gasteiger partial charge >= 0.3 is 0 Å². The molecule has 0 saturated heterocycles. The van der Waals surface area contributed by atoms with Gasteiger partial charge in [-0.2, -0.15) is 0 Å². The van der Waals surface area contributed by atoms with Gasteiger partial charge in [-0.05, 0) is 51.1 Å². The lowest BCUT2D eigenvalue weighted by molar-refractivity contribution is 0.174. The van der Waals surface area contributed by atoms with Crippen LogP contribution in [0.4, 0.5) is 0 Å². The Morgan fingerprint density at radius 3 is 2.52 bits per heavy atom. The lowest BCUT2D eigenvalue weighted by Crippen LogP contribution is -2.39. The first-order valence-corrected chi connectivity index (χ1v) is 7.76. The molecule has 1 heterocycles. The van der Waals surface area contributed by atoms with Crippen molar-refractivity contribution in [3.05, 3.63) is 23.8 Å². The van der Waals surface area contributed by atoms with Gasteiger partial charge in [0.1, 0.15) is 0 Å². The second-order valence-electron chi connectivity index (χ2n) is 6.49. The molecule has 0 spiro atoms. The minimum Gasteiger partial charge on any atom is -0.454 e. The summed E-state index contributed by atoms with van der Waals surface area (Å²) in [5.74, 6) is 2.41. The quantitative estimate of drug-likeness (QED) is 0.837. The standard InChI is InChI=1S/C17H28N2O2/c1-12(2)8-15(19(4)5)10-18-13(3)14-6-7-16-17(9-14)21-11-20-16/h6-7,9,12-13,15,18H,8,10-11H2,1-5H3. The number of ether oxygens (including phenoxy) is 2. The Morgan fingerprint density at radius 2 is 1.86 bits per heavy atom. The van der Waals surface area contributed by atoms with Crippen molar-refractivity contribution in [2.75, 3.05) is 27.4 Å². The largest absolute Gasteiger partial charge is 0.454 e. The number of hydrogen-bond donors (Lipinski definition) is 1. The molecular formula is C17H28N2O2. The molecule has 0 radical (unpaired) electrons. The molecule has 0 aromatic heterocycles. The van der Waals surface area contributed by atoms with Crippen molar-refractivity contribution >= 4 is 0 Å². The number of fused-ring (bicyclic) bond motifs is 1. The summed E-state index contributed by atoms with van der Waals surface area (Å²) in [5, 5.41) is 3.64. The first-order valence-electron chi connectivity index (χ1n) is 7.76. The predicted molar refractivity (Wildman–Crippen MR) is 85.9 cm³/mol. The molecule has 0 saturated carbocycles. The third-order valence-electron chi connectivity index (χ3n) is 4.03. The summed E-state index contributed by atoms with van der Waals surface area (Å²) >= 11 is 0. The minimum atomic E-state index is 0.300. The number of likely N-dealkylation sites (N-methyl/N-ethyl adjacent to an activating group) is 1. The van der Waals surface area contributed by atoms with Crippen LogP contribution in [0.1, 0.15) is 38.8 Å². The molecule has 0 fully saturated rings. The Balaban J connectivity index is 1.92. The molecule has 0 amide bonds. The number of hydrogen-bond acceptors (Lipinski definition) is 4. The van der Waals surface area contributed by atoms with Gasteiger partial charge in [-0.1, -0.05) is 19.9 Å². The van der Waals surface area contributed by atoms with Crippen molar-refractivity contribution in [2.45, 2.75) is 39.3 Å². The van der Waals surface area contributed by atoms with Crippen LogP contribution in [0, 0.1) is 5.92 Å². The van der Waals surface area contributed by atoms with E-state index >= 15 is 0 Å². The molecule has 1 aromatic carbocycles. The lowest BCUT2D eigenvalue weighted by atomic mass is 10.0. The molecule has 1 aliphatic rings. The maximum absolute atomic E-state index is 5.45. The van der Waals surface area contributed by atoms with E-state index in [1.165, 1.54) is 12.0 Å².